The predicted molar refractivity (Wildman–Crippen MR) is 74.3 cm³/mol. The minimum Gasteiger partial charge on any atom is -0.480 e. The molecule has 114 valence electrons. The van der Waals surface area contributed by atoms with Crippen molar-refractivity contribution in [2.45, 2.75) is 44.6 Å². The van der Waals surface area contributed by atoms with Gasteiger partial charge in [0.1, 0.15) is 5.54 Å². The molecule has 0 atom stereocenters. The van der Waals surface area contributed by atoms with Crippen molar-refractivity contribution >= 4 is 11.9 Å². The van der Waals surface area contributed by atoms with Crippen LogP contribution < -0.4 is 5.32 Å². The van der Waals surface area contributed by atoms with Crippen molar-refractivity contribution in [3.63, 3.8) is 0 Å². The van der Waals surface area contributed by atoms with Gasteiger partial charge in [0.25, 0.3) is 5.91 Å². The minimum absolute atomic E-state index is 0.0840. The van der Waals surface area contributed by atoms with Gasteiger partial charge in [-0.3, -0.25) is 4.79 Å². The van der Waals surface area contributed by atoms with Crippen LogP contribution >= 0.6 is 0 Å². The summed E-state index contributed by atoms with van der Waals surface area (Å²) in [6.45, 7) is 2.08. The van der Waals surface area contributed by atoms with Gasteiger partial charge in [0.2, 0.25) is 5.95 Å². The van der Waals surface area contributed by atoms with Gasteiger partial charge in [-0.25, -0.2) is 9.78 Å². The Hall–Kier alpha value is -1.98. The number of amides is 1. The quantitative estimate of drug-likeness (QED) is 0.836. The molecule has 0 bridgehead atoms. The summed E-state index contributed by atoms with van der Waals surface area (Å²) in [6, 6.07) is 2.37. The van der Waals surface area contributed by atoms with Gasteiger partial charge in [-0.2, -0.15) is 4.39 Å². The lowest BCUT2D eigenvalue weighted by atomic mass is 9.75. The van der Waals surface area contributed by atoms with Gasteiger partial charge in [0.15, 0.2) is 0 Å². The number of hydrogen-bond donors (Lipinski definition) is 2. The highest BCUT2D eigenvalue weighted by Crippen LogP contribution is 2.34. The average molecular weight is 294 g/mol. The van der Waals surface area contributed by atoms with Crippen molar-refractivity contribution in [1.82, 2.24) is 10.3 Å². The van der Waals surface area contributed by atoms with Crippen LogP contribution in [0.3, 0.4) is 0 Å². The van der Waals surface area contributed by atoms with E-state index in [1.807, 2.05) is 0 Å². The maximum absolute atomic E-state index is 13.0. The summed E-state index contributed by atoms with van der Waals surface area (Å²) in [6.07, 6.45) is 4.55. The molecule has 0 aliphatic heterocycles. The molecule has 1 aliphatic carbocycles. The molecule has 2 N–H and O–H groups in total. The van der Waals surface area contributed by atoms with Crippen LogP contribution in [0.2, 0.25) is 0 Å². The zero-order valence-corrected chi connectivity index (χ0v) is 11.9. The Kier molecular flexibility index (Phi) is 4.55. The second-order valence-corrected chi connectivity index (χ2v) is 5.56. The Morgan fingerprint density at radius 3 is 2.67 bits per heavy atom. The number of aromatic nitrogens is 1. The van der Waals surface area contributed by atoms with E-state index in [1.54, 1.807) is 0 Å². The van der Waals surface area contributed by atoms with Crippen LogP contribution in [0.1, 0.15) is 49.4 Å². The number of carboxylic acids is 1. The molecule has 1 aromatic rings. The van der Waals surface area contributed by atoms with Gasteiger partial charge in [-0.15, -0.1) is 0 Å². The highest BCUT2D eigenvalue weighted by atomic mass is 19.1. The molecule has 2 rings (SSSR count). The molecule has 1 heterocycles. The maximum Gasteiger partial charge on any atom is 0.329 e. The number of halogens is 1. The SMILES string of the molecule is CCC1CCC(NC(=O)c2ccnc(F)c2)(C(=O)O)CC1. The number of nitrogens with one attached hydrogen (secondary N) is 1. The second-order valence-electron chi connectivity index (χ2n) is 5.56. The molecule has 0 aromatic carbocycles. The van der Waals surface area contributed by atoms with Gasteiger partial charge in [-0.05, 0) is 37.7 Å². The fourth-order valence-corrected chi connectivity index (χ4v) is 2.80. The number of rotatable bonds is 4. The largest absolute Gasteiger partial charge is 0.480 e. The van der Waals surface area contributed by atoms with Gasteiger partial charge >= 0.3 is 5.97 Å². The molecule has 0 saturated heterocycles. The van der Waals surface area contributed by atoms with E-state index in [9.17, 15) is 19.1 Å². The normalized spacial score (nSPS) is 25.3. The molecule has 0 spiro atoms. The van der Waals surface area contributed by atoms with Gasteiger partial charge in [0, 0.05) is 17.8 Å². The van der Waals surface area contributed by atoms with E-state index in [0.717, 1.165) is 25.3 Å². The van der Waals surface area contributed by atoms with E-state index in [1.165, 1.54) is 12.3 Å². The van der Waals surface area contributed by atoms with Crippen molar-refractivity contribution < 1.29 is 19.1 Å². The molecular formula is C15H19FN2O3. The number of nitrogens with zero attached hydrogens (tertiary/aromatic N) is 1. The first kappa shape index (κ1) is 15.4. The maximum atomic E-state index is 13.0. The summed E-state index contributed by atoms with van der Waals surface area (Å²) >= 11 is 0. The fraction of sp³-hybridized carbons (Fsp3) is 0.533. The summed E-state index contributed by atoms with van der Waals surface area (Å²) in [4.78, 5) is 27.1. The fourth-order valence-electron chi connectivity index (χ4n) is 2.80. The highest BCUT2D eigenvalue weighted by Gasteiger charge is 2.43. The van der Waals surface area contributed by atoms with Crippen LogP contribution in [0.15, 0.2) is 18.3 Å². The molecule has 1 aromatic heterocycles. The summed E-state index contributed by atoms with van der Waals surface area (Å²) in [5.41, 5.74) is -1.16. The molecule has 1 fully saturated rings. The average Bonchev–Trinajstić information content (AvgIpc) is 2.47. The lowest BCUT2D eigenvalue weighted by Crippen LogP contribution is -2.56. The van der Waals surface area contributed by atoms with Crippen molar-refractivity contribution in [3.05, 3.63) is 29.8 Å². The molecule has 0 unspecified atom stereocenters. The summed E-state index contributed by atoms with van der Waals surface area (Å²) in [5.74, 6) is -1.86. The van der Waals surface area contributed by atoms with Gasteiger partial charge < -0.3 is 10.4 Å². The monoisotopic (exact) mass is 294 g/mol. The third kappa shape index (κ3) is 3.37. The van der Waals surface area contributed by atoms with Crippen molar-refractivity contribution in [3.8, 4) is 0 Å². The van der Waals surface area contributed by atoms with Crippen LogP contribution in [0.5, 0.6) is 0 Å². The Bertz CT molecular complexity index is 539. The van der Waals surface area contributed by atoms with Gasteiger partial charge in [-0.1, -0.05) is 13.3 Å². The van der Waals surface area contributed by atoms with Crippen LogP contribution in [0.4, 0.5) is 4.39 Å². The van der Waals surface area contributed by atoms with E-state index in [4.69, 9.17) is 0 Å². The van der Waals surface area contributed by atoms with E-state index in [0.29, 0.717) is 18.8 Å². The van der Waals surface area contributed by atoms with Gasteiger partial charge in [0.05, 0.1) is 0 Å². The molecular weight excluding hydrogens is 275 g/mol. The first-order chi connectivity index (χ1) is 9.97. The standard InChI is InChI=1S/C15H19FN2O3/c1-2-10-3-6-15(7-4-10,14(20)21)18-13(19)11-5-8-17-12(16)9-11/h5,8-10H,2-4,6-7H2,1H3,(H,18,19)(H,20,21). The topological polar surface area (TPSA) is 79.3 Å². The van der Waals surface area contributed by atoms with Crippen molar-refractivity contribution in [2.75, 3.05) is 0 Å². The third-order valence-corrected chi connectivity index (χ3v) is 4.29. The Morgan fingerprint density at radius 1 is 1.48 bits per heavy atom. The van der Waals surface area contributed by atoms with E-state index < -0.39 is 23.4 Å². The van der Waals surface area contributed by atoms with E-state index in [2.05, 4.69) is 17.2 Å². The first-order valence-electron chi connectivity index (χ1n) is 7.14. The summed E-state index contributed by atoms with van der Waals surface area (Å²) in [5, 5.41) is 12.1. The third-order valence-electron chi connectivity index (χ3n) is 4.29. The minimum atomic E-state index is -1.25. The van der Waals surface area contributed by atoms with Crippen LogP contribution in [0, 0.1) is 11.9 Å². The summed E-state index contributed by atoms with van der Waals surface area (Å²) < 4.78 is 13.0. The van der Waals surface area contributed by atoms with Crippen LogP contribution in [0.25, 0.3) is 0 Å². The number of hydrogen-bond acceptors (Lipinski definition) is 3. The zero-order valence-electron chi connectivity index (χ0n) is 11.9. The lowest BCUT2D eigenvalue weighted by Gasteiger charge is -2.37. The second kappa shape index (κ2) is 6.20. The summed E-state index contributed by atoms with van der Waals surface area (Å²) in [7, 11) is 0. The first-order valence-corrected chi connectivity index (χ1v) is 7.14. The Balaban J connectivity index is 2.14. The molecule has 5 nitrogen and oxygen atoms in total. The molecule has 21 heavy (non-hydrogen) atoms. The lowest BCUT2D eigenvalue weighted by molar-refractivity contribution is -0.146. The van der Waals surface area contributed by atoms with Crippen LogP contribution in [-0.4, -0.2) is 27.5 Å². The molecule has 1 saturated carbocycles. The molecule has 6 heteroatoms. The smallest absolute Gasteiger partial charge is 0.329 e. The zero-order chi connectivity index (χ0) is 15.5. The van der Waals surface area contributed by atoms with Crippen molar-refractivity contribution in [2.24, 2.45) is 5.92 Å². The number of pyridine rings is 1. The molecule has 0 radical (unpaired) electrons. The van der Waals surface area contributed by atoms with E-state index in [-0.39, 0.29) is 5.56 Å². The van der Waals surface area contributed by atoms with Crippen molar-refractivity contribution in [1.29, 1.82) is 0 Å². The van der Waals surface area contributed by atoms with Crippen LogP contribution in [-0.2, 0) is 4.79 Å². The molecule has 1 aliphatic rings. The predicted octanol–water partition coefficient (Wildman–Crippen LogP) is 2.37. The Labute approximate surface area is 122 Å². The number of carboxylic acid groups (broad SMARTS) is 1. The number of carbonyl (C=O) groups excluding carboxylic acids is 1. The molecule has 1 amide bonds. The highest BCUT2D eigenvalue weighted by molar-refractivity contribution is 5.97. The number of carbonyl (C=O) groups is 2. The van der Waals surface area contributed by atoms with E-state index >= 15 is 0 Å². The Morgan fingerprint density at radius 2 is 2.14 bits per heavy atom. The number of aliphatic carboxylic acids is 1.